The van der Waals surface area contributed by atoms with Crippen LogP contribution >= 0.6 is 0 Å². The van der Waals surface area contributed by atoms with E-state index in [-0.39, 0.29) is 77.3 Å². The van der Waals surface area contributed by atoms with Gasteiger partial charge in [-0.2, -0.15) is 0 Å². The summed E-state index contributed by atoms with van der Waals surface area (Å²) < 4.78 is 19.0. The highest BCUT2D eigenvalue weighted by Crippen LogP contribution is 2.65. The number of fused-ring (bicyclic) bond motifs is 1. The van der Waals surface area contributed by atoms with Crippen molar-refractivity contribution >= 4 is 11.6 Å². The van der Waals surface area contributed by atoms with Gasteiger partial charge in [0.15, 0.2) is 22.8 Å². The Kier molecular flexibility index (Phi) is 6.15. The van der Waals surface area contributed by atoms with E-state index in [0.29, 0.717) is 12.2 Å². The number of phenolic OH excluding ortho intramolecular Hbond substituents is 2. The molecule has 1 aromatic carbocycles. The number of ketones is 2. The molecule has 1 saturated carbocycles. The fourth-order valence-electron chi connectivity index (χ4n) is 6.50. The minimum absolute atomic E-state index is 0.0167. The minimum Gasteiger partial charge on any atom is -0.507 e. The maximum Gasteiger partial charge on any atom is 0.200 e. The standard InChI is InChI=1S/C30H36O7/c1-15(2)7-8-18-23(31)12-24-25(26(18)32)27(33)21-11-19-20(13-35-17(5)6)22-14-36-29(28(19)34,10-9-16(3)4)30(21,22)37-24/h7,9,11-12,17,19-20,22,31-32H,8,10,13-14H2,1-6H3/t19-,20+,22-,29+,30-/m1/s1. The molecule has 5 atom stereocenters. The summed E-state index contributed by atoms with van der Waals surface area (Å²) in [4.78, 5) is 28.2. The zero-order chi connectivity index (χ0) is 26.9. The summed E-state index contributed by atoms with van der Waals surface area (Å²) in [5, 5.41) is 22.0. The second-order valence-electron chi connectivity index (χ2n) is 11.5. The summed E-state index contributed by atoms with van der Waals surface area (Å²) in [5.41, 5.74) is -0.0141. The highest BCUT2D eigenvalue weighted by atomic mass is 16.6. The van der Waals surface area contributed by atoms with Crippen LogP contribution in [0.5, 0.6) is 17.2 Å². The number of allylic oxidation sites excluding steroid dienone is 4. The lowest BCUT2D eigenvalue weighted by molar-refractivity contribution is -0.173. The molecule has 4 bridgehead atoms. The number of hydrogen-bond acceptors (Lipinski definition) is 7. The molecular weight excluding hydrogens is 472 g/mol. The molecule has 0 unspecified atom stereocenters. The Morgan fingerprint density at radius 2 is 1.86 bits per heavy atom. The SMILES string of the molecule is CC(C)=CCc1c(O)cc2c(c1O)C(=O)C1=C[C@H]3C(=O)[C@]4(CC=C(C)C)OC[C@H]([C@H]3COC(C)C)[C@]14O2. The predicted molar refractivity (Wildman–Crippen MR) is 138 cm³/mol. The van der Waals surface area contributed by atoms with Crippen molar-refractivity contribution in [2.45, 2.75) is 71.7 Å². The highest BCUT2D eigenvalue weighted by Gasteiger charge is 2.79. The number of ether oxygens (including phenoxy) is 3. The monoisotopic (exact) mass is 508 g/mol. The molecule has 6 rings (SSSR count). The molecule has 37 heavy (non-hydrogen) atoms. The molecule has 0 radical (unpaired) electrons. The van der Waals surface area contributed by atoms with E-state index < -0.39 is 17.1 Å². The Bertz CT molecular complexity index is 1260. The molecule has 7 heteroatoms. The van der Waals surface area contributed by atoms with Gasteiger partial charge in [0, 0.05) is 41.4 Å². The zero-order valence-corrected chi connectivity index (χ0v) is 22.4. The van der Waals surface area contributed by atoms with Crippen LogP contribution in [0.15, 0.2) is 41.0 Å². The second-order valence-corrected chi connectivity index (χ2v) is 11.5. The number of phenols is 2. The van der Waals surface area contributed by atoms with Crippen molar-refractivity contribution in [1.29, 1.82) is 0 Å². The molecule has 0 aromatic heterocycles. The third kappa shape index (κ3) is 3.54. The molecular formula is C30H36O7. The van der Waals surface area contributed by atoms with Gasteiger partial charge in [-0.05, 0) is 48.0 Å². The second kappa shape index (κ2) is 8.84. The molecule has 2 fully saturated rings. The van der Waals surface area contributed by atoms with Crippen molar-refractivity contribution in [2.24, 2.45) is 17.8 Å². The van der Waals surface area contributed by atoms with Gasteiger partial charge < -0.3 is 24.4 Å². The number of hydrogen-bond donors (Lipinski definition) is 2. The quantitative estimate of drug-likeness (QED) is 0.508. The van der Waals surface area contributed by atoms with Crippen molar-refractivity contribution in [3.05, 3.63) is 52.1 Å². The van der Waals surface area contributed by atoms with Crippen molar-refractivity contribution in [2.75, 3.05) is 13.2 Å². The van der Waals surface area contributed by atoms with Gasteiger partial charge in [0.05, 0.1) is 19.3 Å². The van der Waals surface area contributed by atoms with E-state index in [1.54, 1.807) is 6.08 Å². The summed E-state index contributed by atoms with van der Waals surface area (Å²) in [6.45, 7) is 12.2. The Labute approximate surface area is 217 Å². The maximum absolute atomic E-state index is 14.1. The first kappa shape index (κ1) is 25.7. The molecule has 1 aromatic rings. The van der Waals surface area contributed by atoms with Gasteiger partial charge in [0.25, 0.3) is 0 Å². The van der Waals surface area contributed by atoms with Crippen LogP contribution in [0, 0.1) is 17.8 Å². The smallest absolute Gasteiger partial charge is 0.200 e. The van der Waals surface area contributed by atoms with E-state index >= 15 is 0 Å². The van der Waals surface area contributed by atoms with Crippen molar-refractivity contribution in [3.8, 4) is 17.2 Å². The fourth-order valence-corrected chi connectivity index (χ4v) is 6.50. The largest absolute Gasteiger partial charge is 0.507 e. The van der Waals surface area contributed by atoms with E-state index in [2.05, 4.69) is 0 Å². The van der Waals surface area contributed by atoms with Gasteiger partial charge >= 0.3 is 0 Å². The number of Topliss-reactive ketones (excluding diaryl/α,β-unsaturated/α-hetero) is 2. The van der Waals surface area contributed by atoms with Crippen LogP contribution < -0.4 is 4.74 Å². The first-order valence-electron chi connectivity index (χ1n) is 13.0. The molecule has 3 aliphatic carbocycles. The molecule has 7 nitrogen and oxygen atoms in total. The number of carbonyl (C=O) groups is 2. The number of benzene rings is 1. The summed E-state index contributed by atoms with van der Waals surface area (Å²) in [6.07, 6.45) is 6.09. The highest BCUT2D eigenvalue weighted by molar-refractivity contribution is 6.18. The summed E-state index contributed by atoms with van der Waals surface area (Å²) >= 11 is 0. The first-order valence-corrected chi connectivity index (χ1v) is 13.0. The Morgan fingerprint density at radius 1 is 1.16 bits per heavy atom. The van der Waals surface area contributed by atoms with E-state index in [1.807, 2.05) is 53.7 Å². The van der Waals surface area contributed by atoms with Crippen LogP contribution in [0.25, 0.3) is 0 Å². The number of carbonyl (C=O) groups excluding carboxylic acids is 2. The zero-order valence-electron chi connectivity index (χ0n) is 22.4. The lowest BCUT2D eigenvalue weighted by atomic mass is 9.49. The lowest BCUT2D eigenvalue weighted by Gasteiger charge is -2.58. The van der Waals surface area contributed by atoms with E-state index in [1.165, 1.54) is 6.07 Å². The van der Waals surface area contributed by atoms with Crippen LogP contribution in [0.4, 0.5) is 0 Å². The van der Waals surface area contributed by atoms with Crippen LogP contribution in [0.3, 0.4) is 0 Å². The molecule has 2 N–H and O–H groups in total. The topological polar surface area (TPSA) is 102 Å². The molecule has 2 heterocycles. The Hall–Kier alpha value is -2.90. The number of rotatable bonds is 7. The van der Waals surface area contributed by atoms with Gasteiger partial charge in [-0.1, -0.05) is 29.4 Å². The number of aromatic hydroxyl groups is 2. The summed E-state index contributed by atoms with van der Waals surface area (Å²) in [5.74, 6) is -1.92. The first-order chi connectivity index (χ1) is 17.4. The van der Waals surface area contributed by atoms with Gasteiger partial charge in [-0.3, -0.25) is 9.59 Å². The van der Waals surface area contributed by atoms with Gasteiger partial charge in [-0.25, -0.2) is 0 Å². The average molecular weight is 509 g/mol. The average Bonchev–Trinajstić information content (AvgIpc) is 3.09. The minimum atomic E-state index is -1.36. The normalized spacial score (nSPS) is 31.0. The Balaban J connectivity index is 1.70. The molecule has 5 aliphatic rings. The van der Waals surface area contributed by atoms with Crippen LogP contribution in [-0.4, -0.2) is 52.3 Å². The summed E-state index contributed by atoms with van der Waals surface area (Å²) in [7, 11) is 0. The van der Waals surface area contributed by atoms with Crippen molar-refractivity contribution in [3.63, 3.8) is 0 Å². The van der Waals surface area contributed by atoms with Gasteiger partial charge in [0.1, 0.15) is 22.8 Å². The van der Waals surface area contributed by atoms with Crippen LogP contribution in [0.1, 0.15) is 63.9 Å². The molecule has 1 spiro atoms. The third-order valence-electron chi connectivity index (χ3n) is 8.28. The molecule has 1 saturated heterocycles. The van der Waals surface area contributed by atoms with E-state index in [9.17, 15) is 19.8 Å². The third-order valence-corrected chi connectivity index (χ3v) is 8.28. The molecule has 0 amide bonds. The van der Waals surface area contributed by atoms with Gasteiger partial charge in [0.2, 0.25) is 0 Å². The predicted octanol–water partition coefficient (Wildman–Crippen LogP) is 4.84. The summed E-state index contributed by atoms with van der Waals surface area (Å²) in [6, 6.07) is 1.39. The fraction of sp³-hybridized carbons (Fsp3) is 0.533. The van der Waals surface area contributed by atoms with Crippen molar-refractivity contribution < 1.29 is 34.0 Å². The maximum atomic E-state index is 14.1. The lowest BCUT2D eigenvalue weighted by Crippen LogP contribution is -2.74. The molecule has 198 valence electrons. The Morgan fingerprint density at radius 3 is 2.51 bits per heavy atom. The van der Waals surface area contributed by atoms with E-state index in [0.717, 1.165) is 11.1 Å². The molecule has 2 aliphatic heterocycles. The van der Waals surface area contributed by atoms with Gasteiger partial charge in [-0.15, -0.1) is 0 Å². The van der Waals surface area contributed by atoms with E-state index in [4.69, 9.17) is 14.2 Å². The van der Waals surface area contributed by atoms with Crippen LogP contribution in [0.2, 0.25) is 0 Å². The van der Waals surface area contributed by atoms with Crippen molar-refractivity contribution in [1.82, 2.24) is 0 Å². The van der Waals surface area contributed by atoms with Crippen LogP contribution in [-0.2, 0) is 20.7 Å².